The van der Waals surface area contributed by atoms with Gasteiger partial charge >= 0.3 is 6.18 Å². The van der Waals surface area contributed by atoms with E-state index in [-0.39, 0.29) is 60.3 Å². The number of piperazine rings is 1. The lowest BCUT2D eigenvalue weighted by Gasteiger charge is -2.42. The van der Waals surface area contributed by atoms with Gasteiger partial charge in [0, 0.05) is 49.5 Å². The molecule has 2 aromatic carbocycles. The molecule has 0 radical (unpaired) electrons. The zero-order chi connectivity index (χ0) is 41.2. The highest BCUT2D eigenvalue weighted by Crippen LogP contribution is 2.40. The highest BCUT2D eigenvalue weighted by Gasteiger charge is 2.52. The van der Waals surface area contributed by atoms with E-state index >= 15 is 4.39 Å². The van der Waals surface area contributed by atoms with E-state index in [9.17, 15) is 37.6 Å². The van der Waals surface area contributed by atoms with Crippen molar-refractivity contribution < 1.29 is 41.5 Å². The predicted molar refractivity (Wildman–Crippen MR) is 207 cm³/mol. The summed E-state index contributed by atoms with van der Waals surface area (Å²) in [7, 11) is 0. The molecular weight excluding hydrogens is 769 g/mol. The zero-order valence-corrected chi connectivity index (χ0v) is 32.7. The number of imide groups is 1. The number of piperidine rings is 1. The minimum atomic E-state index is -4.78. The van der Waals surface area contributed by atoms with Crippen molar-refractivity contribution in [2.75, 3.05) is 48.3 Å². The Morgan fingerprint density at radius 3 is 2.44 bits per heavy atom. The summed E-state index contributed by atoms with van der Waals surface area (Å²) in [6.07, 6.45) is -3.01. The monoisotopic (exact) mass is 814 g/mol. The number of nitrogens with one attached hydrogen (secondary N) is 3. The number of hydrogen-bond acceptors (Lipinski definition) is 10. The van der Waals surface area contributed by atoms with Crippen LogP contribution in [0.15, 0.2) is 42.5 Å². The van der Waals surface area contributed by atoms with E-state index in [2.05, 4.69) is 16.0 Å². The maximum atomic E-state index is 15.5. The lowest BCUT2D eigenvalue weighted by Crippen LogP contribution is -2.58. The Kier molecular flexibility index (Phi) is 12.5. The van der Waals surface area contributed by atoms with Gasteiger partial charge in [0.1, 0.15) is 11.6 Å². The molecule has 13 nitrogen and oxygen atoms in total. The molecule has 3 atom stereocenters. The maximum absolute atomic E-state index is 15.5. The number of carbonyl (C=O) groups is 4. The van der Waals surface area contributed by atoms with Gasteiger partial charge in [-0.15, -0.1) is 0 Å². The quantitative estimate of drug-likeness (QED) is 0.125. The van der Waals surface area contributed by atoms with E-state index in [1.807, 2.05) is 16.7 Å². The molecule has 306 valence electrons. The van der Waals surface area contributed by atoms with Crippen LogP contribution in [-0.2, 0) is 30.1 Å². The molecule has 0 unspecified atom stereocenters. The van der Waals surface area contributed by atoms with Gasteiger partial charge in [-0.05, 0) is 101 Å². The summed E-state index contributed by atoms with van der Waals surface area (Å²) in [5.74, 6) is -1.54. The van der Waals surface area contributed by atoms with Gasteiger partial charge in [-0.1, -0.05) is 6.07 Å². The highest BCUT2D eigenvalue weighted by atomic mass is 32.1. The minimum Gasteiger partial charge on any atom is -0.377 e. The van der Waals surface area contributed by atoms with Gasteiger partial charge in [0.15, 0.2) is 11.4 Å². The number of alkyl halides is 4. The number of carbonyl (C=O) groups excluding carboxylic acids is 4. The SMILES string of the molecule is C[C@H]1CN(CCO[C@H]2CC[C@H](N3C(=S)N(c4ccc(C#N)c(C(F)(F)F)c4)C(=O)C3(C)C)CC2)C[C@@H](F)N1CC(=O)Nc1cccc(N[C@@H]2CCC(=O)NC2=O)c1. The predicted octanol–water partition coefficient (Wildman–Crippen LogP) is 4.77. The normalized spacial score (nSPS) is 26.0. The Morgan fingerprint density at radius 2 is 1.77 bits per heavy atom. The summed E-state index contributed by atoms with van der Waals surface area (Å²) in [5, 5.41) is 17.5. The molecule has 0 bridgehead atoms. The molecule has 2 aromatic rings. The number of halogens is 4. The van der Waals surface area contributed by atoms with Crippen molar-refractivity contribution in [2.24, 2.45) is 0 Å². The lowest BCUT2D eigenvalue weighted by atomic mass is 9.89. The second-order valence-corrected chi connectivity index (χ2v) is 15.9. The summed E-state index contributed by atoms with van der Waals surface area (Å²) >= 11 is 5.71. The van der Waals surface area contributed by atoms with Crippen LogP contribution in [0.4, 0.5) is 34.6 Å². The number of ether oxygens (including phenoxy) is 1. The van der Waals surface area contributed by atoms with E-state index in [0.29, 0.717) is 63.2 Å². The molecule has 3 N–H and O–H groups in total. The molecule has 1 aliphatic carbocycles. The van der Waals surface area contributed by atoms with Crippen LogP contribution < -0.4 is 20.9 Å². The number of benzene rings is 2. The first kappa shape index (κ1) is 41.9. The first-order chi connectivity index (χ1) is 27.0. The van der Waals surface area contributed by atoms with Crippen LogP contribution in [0.1, 0.15) is 70.4 Å². The van der Waals surface area contributed by atoms with Crippen LogP contribution >= 0.6 is 12.2 Å². The summed E-state index contributed by atoms with van der Waals surface area (Å²) in [4.78, 5) is 56.6. The molecule has 3 aliphatic heterocycles. The Labute approximate surface area is 333 Å². The molecule has 57 heavy (non-hydrogen) atoms. The molecule has 1 saturated carbocycles. The van der Waals surface area contributed by atoms with Crippen LogP contribution in [0.3, 0.4) is 0 Å². The van der Waals surface area contributed by atoms with Crippen LogP contribution in [0.25, 0.3) is 0 Å². The Hall–Kier alpha value is -4.70. The molecule has 0 spiro atoms. The summed E-state index contributed by atoms with van der Waals surface area (Å²) in [6.45, 7) is 6.63. The molecule has 4 fully saturated rings. The van der Waals surface area contributed by atoms with Crippen molar-refractivity contribution >= 4 is 58.0 Å². The van der Waals surface area contributed by atoms with Gasteiger partial charge in [0.2, 0.25) is 17.7 Å². The van der Waals surface area contributed by atoms with Gasteiger partial charge in [0.25, 0.3) is 5.91 Å². The number of anilines is 3. The number of rotatable bonds is 11. The molecule has 18 heteroatoms. The second kappa shape index (κ2) is 17.0. The van der Waals surface area contributed by atoms with Crippen molar-refractivity contribution in [1.29, 1.82) is 5.26 Å². The molecule has 3 heterocycles. The Balaban J connectivity index is 0.943. The Bertz CT molecular complexity index is 1920. The van der Waals surface area contributed by atoms with Crippen molar-refractivity contribution in [3.05, 3.63) is 53.6 Å². The molecule has 0 aromatic heterocycles. The number of thiocarbonyl (C=S) groups is 1. The largest absolute Gasteiger partial charge is 0.417 e. The third kappa shape index (κ3) is 9.38. The number of nitriles is 1. The third-order valence-corrected chi connectivity index (χ3v) is 11.5. The van der Waals surface area contributed by atoms with Crippen LogP contribution in [0, 0.1) is 11.3 Å². The smallest absolute Gasteiger partial charge is 0.377 e. The van der Waals surface area contributed by atoms with Gasteiger partial charge < -0.3 is 20.3 Å². The van der Waals surface area contributed by atoms with Gasteiger partial charge in [0.05, 0.1) is 42.1 Å². The van der Waals surface area contributed by atoms with Crippen LogP contribution in [0.2, 0.25) is 0 Å². The zero-order valence-electron chi connectivity index (χ0n) is 31.9. The minimum absolute atomic E-state index is 0.0401. The fourth-order valence-electron chi connectivity index (χ4n) is 8.14. The maximum Gasteiger partial charge on any atom is 0.417 e. The first-order valence-electron chi connectivity index (χ1n) is 19.0. The van der Waals surface area contributed by atoms with Crippen LogP contribution in [0.5, 0.6) is 0 Å². The molecule has 4 aliphatic rings. The topological polar surface area (TPSA) is 150 Å². The average molecular weight is 815 g/mol. The summed E-state index contributed by atoms with van der Waals surface area (Å²) in [6, 6.07) is 10.6. The van der Waals surface area contributed by atoms with Crippen molar-refractivity contribution in [3.63, 3.8) is 0 Å². The third-order valence-electron chi connectivity index (χ3n) is 11.1. The van der Waals surface area contributed by atoms with Gasteiger partial charge in [-0.3, -0.25) is 39.2 Å². The summed E-state index contributed by atoms with van der Waals surface area (Å²) < 4.78 is 62.8. The van der Waals surface area contributed by atoms with Crippen molar-refractivity contribution in [1.82, 2.24) is 20.0 Å². The average Bonchev–Trinajstić information content (AvgIpc) is 3.32. The van der Waals surface area contributed by atoms with E-state index in [0.717, 1.165) is 17.0 Å². The number of nitrogens with zero attached hydrogens (tertiary/aromatic N) is 5. The van der Waals surface area contributed by atoms with Gasteiger partial charge in [-0.2, -0.15) is 18.4 Å². The fourth-order valence-corrected chi connectivity index (χ4v) is 8.71. The standard InChI is InChI=1S/C39H46F4N8O5S/c1-23-20-48(21-32(40)49(23)22-34(53)46-26-6-4-5-25(17-26)45-31-13-14-33(52)47-35(31)54)15-16-56-29-11-9-27(10-12-29)51-37(57)50(36(55)38(51,2)3)28-8-7-24(19-44)30(18-28)39(41,42)43/h4-8,17-18,23,27,29,31-32,45H,9-16,20-22H2,1-3H3,(H,46,53)(H,47,52,54)/t23-,27-,29-,31+,32-/m0/s1. The van der Waals surface area contributed by atoms with E-state index in [1.165, 1.54) is 11.0 Å². The Morgan fingerprint density at radius 1 is 1.05 bits per heavy atom. The first-order valence-corrected chi connectivity index (χ1v) is 19.4. The van der Waals surface area contributed by atoms with Crippen LogP contribution in [-0.4, -0.2) is 112 Å². The lowest BCUT2D eigenvalue weighted by molar-refractivity contribution is -0.138. The van der Waals surface area contributed by atoms with Crippen molar-refractivity contribution in [2.45, 2.75) is 102 Å². The molecule has 4 amide bonds. The molecule has 3 saturated heterocycles. The number of amides is 4. The fraction of sp³-hybridized carbons (Fsp3) is 0.538. The van der Waals surface area contributed by atoms with Gasteiger partial charge in [-0.25, -0.2) is 4.39 Å². The van der Waals surface area contributed by atoms with E-state index in [4.69, 9.17) is 17.0 Å². The summed E-state index contributed by atoms with van der Waals surface area (Å²) in [5.41, 5.74) is -1.73. The molecular formula is C39H46F4N8O5S. The van der Waals surface area contributed by atoms with Crippen molar-refractivity contribution in [3.8, 4) is 6.07 Å². The second-order valence-electron chi connectivity index (χ2n) is 15.5. The van der Waals surface area contributed by atoms with E-state index in [1.54, 1.807) is 44.2 Å². The number of hydrogen-bond donors (Lipinski definition) is 3. The van der Waals surface area contributed by atoms with E-state index < -0.39 is 47.0 Å². The molecule has 6 rings (SSSR count). The highest BCUT2D eigenvalue weighted by molar-refractivity contribution is 7.80.